The van der Waals surface area contributed by atoms with Gasteiger partial charge in [-0.25, -0.2) is 13.8 Å². The highest BCUT2D eigenvalue weighted by Crippen LogP contribution is 2.34. The third kappa shape index (κ3) is 2.86. The molecular weight excluding hydrogens is 366 g/mol. The van der Waals surface area contributed by atoms with Crippen molar-refractivity contribution in [3.05, 3.63) is 58.7 Å². The first kappa shape index (κ1) is 17.6. The van der Waals surface area contributed by atoms with E-state index in [1.54, 1.807) is 4.52 Å². The second-order valence-electron chi connectivity index (χ2n) is 7.48. The molecule has 0 unspecified atom stereocenters. The van der Waals surface area contributed by atoms with Crippen LogP contribution in [0.1, 0.15) is 35.2 Å². The van der Waals surface area contributed by atoms with Gasteiger partial charge in [0.15, 0.2) is 0 Å². The summed E-state index contributed by atoms with van der Waals surface area (Å²) >= 11 is 0. The van der Waals surface area contributed by atoms with Gasteiger partial charge in [-0.05, 0) is 31.5 Å². The molecule has 28 heavy (non-hydrogen) atoms. The zero-order chi connectivity index (χ0) is 19.4. The van der Waals surface area contributed by atoms with Crippen LogP contribution in [-0.2, 0) is 17.8 Å². The summed E-state index contributed by atoms with van der Waals surface area (Å²) in [5, 5.41) is 4.43. The van der Waals surface area contributed by atoms with E-state index >= 15 is 0 Å². The quantitative estimate of drug-likeness (QED) is 0.724. The summed E-state index contributed by atoms with van der Waals surface area (Å²) in [5.74, 6) is 0.284. The van der Waals surface area contributed by atoms with Crippen molar-refractivity contribution in [2.45, 2.75) is 44.6 Å². The number of nitrogens with two attached hydrogens (primary N) is 1. The van der Waals surface area contributed by atoms with E-state index < -0.39 is 23.8 Å². The number of hydrogen-bond donors (Lipinski definition) is 1. The van der Waals surface area contributed by atoms with Gasteiger partial charge in [0, 0.05) is 42.5 Å². The normalized spacial score (nSPS) is 25.4. The van der Waals surface area contributed by atoms with E-state index in [0.29, 0.717) is 31.2 Å². The second kappa shape index (κ2) is 6.54. The van der Waals surface area contributed by atoms with E-state index in [4.69, 9.17) is 10.5 Å². The lowest BCUT2D eigenvalue weighted by atomic mass is 9.93. The third-order valence-corrected chi connectivity index (χ3v) is 5.57. The molecule has 0 radical (unpaired) electrons. The Morgan fingerprint density at radius 2 is 2.11 bits per heavy atom. The molecule has 0 bridgehead atoms. The number of nitrogens with zero attached hydrogens (tertiary/aromatic N) is 5. The van der Waals surface area contributed by atoms with Gasteiger partial charge in [-0.1, -0.05) is 0 Å². The van der Waals surface area contributed by atoms with Gasteiger partial charge in [-0.2, -0.15) is 9.50 Å². The monoisotopic (exact) mass is 386 g/mol. The molecule has 2 N–H and O–H groups in total. The van der Waals surface area contributed by atoms with Crippen molar-refractivity contribution in [1.29, 1.82) is 0 Å². The van der Waals surface area contributed by atoms with Crippen molar-refractivity contribution in [2.24, 2.45) is 5.73 Å². The molecule has 0 spiro atoms. The molecular formula is C19H20F2N6O. The minimum atomic E-state index is -0.650. The fourth-order valence-corrected chi connectivity index (χ4v) is 4.19. The highest BCUT2D eigenvalue weighted by molar-refractivity contribution is 5.35. The average molecular weight is 386 g/mol. The summed E-state index contributed by atoms with van der Waals surface area (Å²) in [6.45, 7) is 3.65. The van der Waals surface area contributed by atoms with Crippen molar-refractivity contribution in [2.75, 3.05) is 6.61 Å². The van der Waals surface area contributed by atoms with Crippen LogP contribution in [0.5, 0.6) is 0 Å². The zero-order valence-electron chi connectivity index (χ0n) is 15.3. The summed E-state index contributed by atoms with van der Waals surface area (Å²) in [6.07, 6.45) is 1.82. The Labute approximate surface area is 160 Å². The molecule has 0 amide bonds. The lowest BCUT2D eigenvalue weighted by Crippen LogP contribution is -2.47. The van der Waals surface area contributed by atoms with Gasteiger partial charge in [0.1, 0.15) is 23.6 Å². The van der Waals surface area contributed by atoms with E-state index in [-0.39, 0.29) is 11.6 Å². The maximum absolute atomic E-state index is 14.1. The fraction of sp³-hybridized carbons (Fsp3) is 0.421. The van der Waals surface area contributed by atoms with Crippen LogP contribution in [0.3, 0.4) is 0 Å². The number of fused-ring (bicyclic) bond motifs is 3. The average Bonchev–Trinajstić information content (AvgIpc) is 3.26. The highest BCUT2D eigenvalue weighted by Gasteiger charge is 2.37. The lowest BCUT2D eigenvalue weighted by molar-refractivity contribution is -0.0532. The first-order valence-electron chi connectivity index (χ1n) is 9.26. The topological polar surface area (TPSA) is 81.6 Å². The summed E-state index contributed by atoms with van der Waals surface area (Å²) < 4.78 is 35.4. The number of aryl methyl sites for hydroxylation is 1. The summed E-state index contributed by atoms with van der Waals surface area (Å²) in [5.41, 5.74) is 8.65. The Kier molecular flexibility index (Phi) is 4.11. The number of benzene rings is 1. The molecule has 7 nitrogen and oxygen atoms in total. The molecule has 9 heteroatoms. The molecule has 2 aliphatic rings. The SMILES string of the molecule is Cc1nc2ncc3c(n2n1)CN([C@H]1CO[C@H](c2cc(F)ccc2F)[C@@H](N)C1)C3. The van der Waals surface area contributed by atoms with Crippen LogP contribution < -0.4 is 5.73 Å². The Morgan fingerprint density at radius 1 is 1.25 bits per heavy atom. The molecule has 1 saturated heterocycles. The summed E-state index contributed by atoms with van der Waals surface area (Å²) in [4.78, 5) is 10.9. The smallest absolute Gasteiger partial charge is 0.252 e. The van der Waals surface area contributed by atoms with Crippen LogP contribution in [0.2, 0.25) is 0 Å². The van der Waals surface area contributed by atoms with Crippen LogP contribution in [-0.4, -0.2) is 43.2 Å². The Morgan fingerprint density at radius 3 is 2.93 bits per heavy atom. The van der Waals surface area contributed by atoms with Crippen molar-refractivity contribution >= 4 is 5.78 Å². The minimum Gasteiger partial charge on any atom is -0.370 e. The Hall–Kier alpha value is -2.49. The molecule has 146 valence electrons. The van der Waals surface area contributed by atoms with Crippen LogP contribution in [0.4, 0.5) is 8.78 Å². The van der Waals surface area contributed by atoms with Gasteiger partial charge in [-0.15, -0.1) is 5.10 Å². The molecule has 4 heterocycles. The molecule has 3 atom stereocenters. The number of rotatable bonds is 2. The van der Waals surface area contributed by atoms with Crippen molar-refractivity contribution in [3.8, 4) is 0 Å². The van der Waals surface area contributed by atoms with Crippen LogP contribution >= 0.6 is 0 Å². The Balaban J connectivity index is 1.34. The van der Waals surface area contributed by atoms with Crippen molar-refractivity contribution in [1.82, 2.24) is 24.5 Å². The maximum Gasteiger partial charge on any atom is 0.252 e. The van der Waals surface area contributed by atoms with Gasteiger partial charge >= 0.3 is 0 Å². The number of ether oxygens (including phenoxy) is 1. The standard InChI is InChI=1S/C19H20F2N6O/c1-10-24-19-23-6-11-7-26(8-17(11)27(19)25-10)13-5-16(22)18(28-9-13)14-4-12(20)2-3-15(14)21/h2-4,6,13,16,18H,5,7-9,22H2,1H3/t13-,16+,18-/m1/s1. The van der Waals surface area contributed by atoms with E-state index in [0.717, 1.165) is 29.9 Å². The number of hydrogen-bond acceptors (Lipinski definition) is 6. The zero-order valence-corrected chi connectivity index (χ0v) is 15.3. The van der Waals surface area contributed by atoms with Gasteiger partial charge in [0.05, 0.1) is 12.3 Å². The summed E-state index contributed by atoms with van der Waals surface area (Å²) in [6, 6.07) is 3.03. The van der Waals surface area contributed by atoms with E-state index in [9.17, 15) is 8.78 Å². The molecule has 2 aromatic heterocycles. The Bertz CT molecular complexity index is 1050. The fourth-order valence-electron chi connectivity index (χ4n) is 4.19. The maximum atomic E-state index is 14.1. The minimum absolute atomic E-state index is 0.0786. The van der Waals surface area contributed by atoms with E-state index in [1.807, 2.05) is 13.1 Å². The molecule has 1 aromatic carbocycles. The first-order valence-corrected chi connectivity index (χ1v) is 9.26. The predicted molar refractivity (Wildman–Crippen MR) is 96.2 cm³/mol. The van der Waals surface area contributed by atoms with Crippen LogP contribution in [0.15, 0.2) is 24.4 Å². The molecule has 0 aliphatic carbocycles. The second-order valence-corrected chi connectivity index (χ2v) is 7.48. The molecule has 2 aliphatic heterocycles. The predicted octanol–water partition coefficient (Wildman–Crippen LogP) is 1.88. The van der Waals surface area contributed by atoms with Gasteiger partial charge < -0.3 is 10.5 Å². The number of aromatic nitrogens is 4. The molecule has 0 saturated carbocycles. The summed E-state index contributed by atoms with van der Waals surface area (Å²) in [7, 11) is 0. The van der Waals surface area contributed by atoms with Crippen molar-refractivity contribution in [3.63, 3.8) is 0 Å². The van der Waals surface area contributed by atoms with Crippen LogP contribution in [0.25, 0.3) is 5.78 Å². The molecule has 3 aromatic rings. The van der Waals surface area contributed by atoms with Crippen LogP contribution in [0, 0.1) is 18.6 Å². The van der Waals surface area contributed by atoms with Gasteiger partial charge in [0.25, 0.3) is 5.78 Å². The molecule has 1 fully saturated rings. The third-order valence-electron chi connectivity index (χ3n) is 5.57. The van der Waals surface area contributed by atoms with Gasteiger partial charge in [-0.3, -0.25) is 4.90 Å². The van der Waals surface area contributed by atoms with Crippen molar-refractivity contribution < 1.29 is 13.5 Å². The highest BCUT2D eigenvalue weighted by atomic mass is 19.1. The lowest BCUT2D eigenvalue weighted by Gasteiger charge is -2.38. The van der Waals surface area contributed by atoms with E-state index in [1.165, 1.54) is 6.07 Å². The number of halogens is 2. The van der Waals surface area contributed by atoms with E-state index in [2.05, 4.69) is 20.0 Å². The van der Waals surface area contributed by atoms with Gasteiger partial charge in [0.2, 0.25) is 0 Å². The first-order chi connectivity index (χ1) is 13.5. The largest absolute Gasteiger partial charge is 0.370 e. The molecule has 5 rings (SSSR count).